The van der Waals surface area contributed by atoms with Gasteiger partial charge in [0.2, 0.25) is 15.9 Å². The molecule has 0 radical (unpaired) electrons. The molecular formula is C19H19N3O3S. The third-order valence-corrected chi connectivity index (χ3v) is 6.07. The summed E-state index contributed by atoms with van der Waals surface area (Å²) in [7, 11) is -0.783. The predicted molar refractivity (Wildman–Crippen MR) is 101 cm³/mol. The molecule has 0 saturated heterocycles. The minimum absolute atomic E-state index is 0.162. The van der Waals surface area contributed by atoms with Crippen molar-refractivity contribution in [2.45, 2.75) is 4.90 Å². The zero-order chi connectivity index (χ0) is 18.7. The average molecular weight is 369 g/mol. The fourth-order valence-electron chi connectivity index (χ4n) is 2.66. The van der Waals surface area contributed by atoms with Crippen molar-refractivity contribution < 1.29 is 13.2 Å². The summed E-state index contributed by atoms with van der Waals surface area (Å²) in [5.74, 6) is -0.316. The monoisotopic (exact) mass is 369 g/mol. The van der Waals surface area contributed by atoms with Crippen LogP contribution in [-0.4, -0.2) is 44.3 Å². The second-order valence-electron chi connectivity index (χ2n) is 5.90. The quantitative estimate of drug-likeness (QED) is 0.693. The zero-order valence-electron chi connectivity index (χ0n) is 14.5. The summed E-state index contributed by atoms with van der Waals surface area (Å²) in [6.07, 6.45) is 3.17. The Labute approximate surface area is 152 Å². The molecule has 0 fully saturated rings. The second-order valence-corrected chi connectivity index (χ2v) is 7.92. The van der Waals surface area contributed by atoms with Crippen LogP contribution in [0.4, 0.5) is 5.69 Å². The lowest BCUT2D eigenvalue weighted by Crippen LogP contribution is -2.39. The van der Waals surface area contributed by atoms with Gasteiger partial charge >= 0.3 is 0 Å². The van der Waals surface area contributed by atoms with Crippen molar-refractivity contribution >= 4 is 32.4 Å². The van der Waals surface area contributed by atoms with E-state index in [2.05, 4.69) is 4.98 Å². The number of nitrogens with zero attached hydrogens (tertiary/aromatic N) is 3. The number of carbonyl (C=O) groups is 1. The molecule has 2 aromatic carbocycles. The molecule has 3 rings (SSSR count). The van der Waals surface area contributed by atoms with Crippen LogP contribution in [0.3, 0.4) is 0 Å². The maximum atomic E-state index is 13.0. The summed E-state index contributed by atoms with van der Waals surface area (Å²) < 4.78 is 27.0. The summed E-state index contributed by atoms with van der Waals surface area (Å²) in [4.78, 5) is 18.1. The van der Waals surface area contributed by atoms with Gasteiger partial charge in [0.25, 0.3) is 0 Å². The zero-order valence-corrected chi connectivity index (χ0v) is 15.3. The highest BCUT2D eigenvalue weighted by atomic mass is 32.2. The minimum atomic E-state index is -3.82. The summed E-state index contributed by atoms with van der Waals surface area (Å²) in [5.41, 5.74) is 0.708. The number of aromatic nitrogens is 1. The molecule has 1 aromatic heterocycles. The standard InChI is InChI=1S/C19H19N3O3S/c1-21(14-19(23)22(2)16-8-4-3-5-9-16)26(24,25)18-10-6-7-15-13-20-12-11-17(15)18/h3-13H,14H2,1-2H3. The third kappa shape index (κ3) is 3.44. The van der Waals surface area contributed by atoms with Crippen molar-refractivity contribution in [3.8, 4) is 0 Å². The van der Waals surface area contributed by atoms with E-state index in [0.717, 1.165) is 9.69 Å². The normalized spacial score (nSPS) is 11.7. The molecule has 1 amide bonds. The first-order valence-electron chi connectivity index (χ1n) is 8.02. The van der Waals surface area contributed by atoms with Crippen LogP contribution in [-0.2, 0) is 14.8 Å². The van der Waals surface area contributed by atoms with Gasteiger partial charge in [0, 0.05) is 42.9 Å². The summed E-state index contributed by atoms with van der Waals surface area (Å²) in [6.45, 7) is -0.255. The molecule has 0 N–H and O–H groups in total. The Kier molecular flexibility index (Phi) is 5.01. The molecule has 7 heteroatoms. The van der Waals surface area contributed by atoms with Crippen molar-refractivity contribution in [3.05, 3.63) is 67.0 Å². The van der Waals surface area contributed by atoms with Crippen LogP contribution >= 0.6 is 0 Å². The number of amides is 1. The Morgan fingerprint density at radius 3 is 2.46 bits per heavy atom. The van der Waals surface area contributed by atoms with Gasteiger partial charge in [0.15, 0.2) is 0 Å². The Hall–Kier alpha value is -2.77. The number of fused-ring (bicyclic) bond motifs is 1. The van der Waals surface area contributed by atoms with E-state index in [1.54, 1.807) is 55.8 Å². The highest BCUT2D eigenvalue weighted by Crippen LogP contribution is 2.24. The number of para-hydroxylation sites is 1. The van der Waals surface area contributed by atoms with Crippen LogP contribution in [0.2, 0.25) is 0 Å². The molecule has 6 nitrogen and oxygen atoms in total. The molecule has 26 heavy (non-hydrogen) atoms. The fraction of sp³-hybridized carbons (Fsp3) is 0.158. The molecule has 0 unspecified atom stereocenters. The lowest BCUT2D eigenvalue weighted by molar-refractivity contribution is -0.118. The van der Waals surface area contributed by atoms with Crippen molar-refractivity contribution in [2.24, 2.45) is 0 Å². The lowest BCUT2D eigenvalue weighted by Gasteiger charge is -2.22. The van der Waals surface area contributed by atoms with E-state index < -0.39 is 10.0 Å². The van der Waals surface area contributed by atoms with Gasteiger partial charge in [-0.3, -0.25) is 9.78 Å². The fourth-order valence-corrected chi connectivity index (χ4v) is 3.99. The van der Waals surface area contributed by atoms with E-state index in [-0.39, 0.29) is 17.3 Å². The van der Waals surface area contributed by atoms with E-state index in [1.807, 2.05) is 18.2 Å². The van der Waals surface area contributed by atoms with Crippen LogP contribution in [0.15, 0.2) is 71.9 Å². The number of sulfonamides is 1. The maximum absolute atomic E-state index is 13.0. The highest BCUT2D eigenvalue weighted by Gasteiger charge is 2.26. The molecule has 0 atom stereocenters. The van der Waals surface area contributed by atoms with Crippen molar-refractivity contribution in [1.82, 2.24) is 9.29 Å². The van der Waals surface area contributed by atoms with E-state index in [9.17, 15) is 13.2 Å². The number of likely N-dealkylation sites (N-methyl/N-ethyl adjacent to an activating group) is 2. The van der Waals surface area contributed by atoms with Gasteiger partial charge in [-0.15, -0.1) is 0 Å². The molecule has 3 aromatic rings. The van der Waals surface area contributed by atoms with Gasteiger partial charge in [0.05, 0.1) is 11.4 Å². The van der Waals surface area contributed by atoms with Gasteiger partial charge in [-0.25, -0.2) is 8.42 Å². The Morgan fingerprint density at radius 1 is 1.00 bits per heavy atom. The first-order valence-corrected chi connectivity index (χ1v) is 9.46. The van der Waals surface area contributed by atoms with Gasteiger partial charge < -0.3 is 4.90 Å². The van der Waals surface area contributed by atoms with Crippen LogP contribution in [0.25, 0.3) is 10.8 Å². The van der Waals surface area contributed by atoms with Gasteiger partial charge in [0.1, 0.15) is 0 Å². The summed E-state index contributed by atoms with van der Waals surface area (Å²) in [5, 5.41) is 1.31. The van der Waals surface area contributed by atoms with Crippen LogP contribution in [0, 0.1) is 0 Å². The maximum Gasteiger partial charge on any atom is 0.243 e. The molecule has 0 saturated carbocycles. The number of pyridine rings is 1. The van der Waals surface area contributed by atoms with Crippen molar-refractivity contribution in [2.75, 3.05) is 25.5 Å². The van der Waals surface area contributed by atoms with E-state index >= 15 is 0 Å². The highest BCUT2D eigenvalue weighted by molar-refractivity contribution is 7.89. The number of benzene rings is 2. The molecule has 1 heterocycles. The molecule has 134 valence electrons. The molecule has 0 aliphatic rings. The van der Waals surface area contributed by atoms with E-state index in [0.29, 0.717) is 11.1 Å². The lowest BCUT2D eigenvalue weighted by atomic mass is 10.2. The summed E-state index contributed by atoms with van der Waals surface area (Å²) >= 11 is 0. The Balaban J connectivity index is 1.86. The minimum Gasteiger partial charge on any atom is -0.314 e. The summed E-state index contributed by atoms with van der Waals surface area (Å²) in [6, 6.07) is 15.8. The molecule has 0 aliphatic carbocycles. The first kappa shape index (κ1) is 18.0. The SMILES string of the molecule is CN(C(=O)CN(C)S(=O)(=O)c1cccc2cnccc12)c1ccccc1. The molecule has 0 aliphatic heterocycles. The molecular weight excluding hydrogens is 350 g/mol. The Bertz CT molecular complexity index is 1030. The number of rotatable bonds is 5. The smallest absolute Gasteiger partial charge is 0.243 e. The average Bonchev–Trinajstić information content (AvgIpc) is 2.67. The van der Waals surface area contributed by atoms with Crippen molar-refractivity contribution in [3.63, 3.8) is 0 Å². The molecule has 0 spiro atoms. The number of anilines is 1. The van der Waals surface area contributed by atoms with Gasteiger partial charge in [-0.2, -0.15) is 4.31 Å². The molecule has 0 bridgehead atoms. The Morgan fingerprint density at radius 2 is 1.73 bits per heavy atom. The first-order chi connectivity index (χ1) is 12.4. The van der Waals surface area contributed by atoms with Gasteiger partial charge in [-0.1, -0.05) is 30.3 Å². The largest absolute Gasteiger partial charge is 0.314 e. The van der Waals surface area contributed by atoms with E-state index in [4.69, 9.17) is 0 Å². The van der Waals surface area contributed by atoms with Crippen LogP contribution in [0.1, 0.15) is 0 Å². The van der Waals surface area contributed by atoms with Crippen LogP contribution in [0.5, 0.6) is 0 Å². The second kappa shape index (κ2) is 7.23. The van der Waals surface area contributed by atoms with Crippen LogP contribution < -0.4 is 4.90 Å². The number of hydrogen-bond donors (Lipinski definition) is 0. The van der Waals surface area contributed by atoms with E-state index in [1.165, 1.54) is 11.9 Å². The number of hydrogen-bond acceptors (Lipinski definition) is 4. The van der Waals surface area contributed by atoms with Gasteiger partial charge in [-0.05, 0) is 24.3 Å². The topological polar surface area (TPSA) is 70.6 Å². The predicted octanol–water partition coefficient (Wildman–Crippen LogP) is 2.52. The van der Waals surface area contributed by atoms with Crippen molar-refractivity contribution in [1.29, 1.82) is 0 Å². The number of carbonyl (C=O) groups excluding carboxylic acids is 1. The third-order valence-electron chi connectivity index (χ3n) is 4.20.